The number of nitrogens with zero attached hydrogens (tertiary/aromatic N) is 2. The maximum Gasteiger partial charge on any atom is 0.101 e. The molecule has 1 atom stereocenters. The number of halogens is 1. The van der Waals surface area contributed by atoms with E-state index >= 15 is 0 Å². The molecule has 1 heterocycles. The van der Waals surface area contributed by atoms with E-state index in [1.807, 2.05) is 18.2 Å². The molecule has 1 aliphatic rings. The molecule has 1 saturated heterocycles. The fraction of sp³-hybridized carbons (Fsp3) is 0.462. The minimum Gasteiger partial charge on any atom is -0.370 e. The second kappa shape index (κ2) is 4.88. The van der Waals surface area contributed by atoms with Gasteiger partial charge in [-0.15, -0.1) is 0 Å². The Morgan fingerprint density at radius 2 is 2.38 bits per heavy atom. The SMILES string of the molecule is CCC1CCN(c2ccc(Br)cc2C#N)C1. The van der Waals surface area contributed by atoms with Gasteiger partial charge in [-0.1, -0.05) is 29.3 Å². The van der Waals surface area contributed by atoms with E-state index < -0.39 is 0 Å². The van der Waals surface area contributed by atoms with Crippen LogP contribution in [0.1, 0.15) is 25.3 Å². The number of nitriles is 1. The molecule has 1 fully saturated rings. The lowest BCUT2D eigenvalue weighted by Crippen LogP contribution is -2.20. The van der Waals surface area contributed by atoms with Crippen molar-refractivity contribution in [3.63, 3.8) is 0 Å². The van der Waals surface area contributed by atoms with Gasteiger partial charge < -0.3 is 4.90 Å². The molecular weight excluding hydrogens is 264 g/mol. The molecule has 1 aliphatic heterocycles. The topological polar surface area (TPSA) is 27.0 Å². The summed E-state index contributed by atoms with van der Waals surface area (Å²) >= 11 is 3.40. The Morgan fingerprint density at radius 1 is 1.56 bits per heavy atom. The molecule has 0 saturated carbocycles. The Kier molecular flexibility index (Phi) is 3.50. The lowest BCUT2D eigenvalue weighted by atomic mass is 10.1. The lowest BCUT2D eigenvalue weighted by Gasteiger charge is -2.19. The van der Waals surface area contributed by atoms with E-state index in [2.05, 4.69) is 33.8 Å². The molecule has 1 unspecified atom stereocenters. The summed E-state index contributed by atoms with van der Waals surface area (Å²) in [7, 11) is 0. The number of hydrogen-bond donors (Lipinski definition) is 0. The molecule has 0 aromatic heterocycles. The minimum absolute atomic E-state index is 0.770. The van der Waals surface area contributed by atoms with Gasteiger partial charge in [0.2, 0.25) is 0 Å². The molecule has 2 rings (SSSR count). The molecule has 3 heteroatoms. The first-order valence-electron chi connectivity index (χ1n) is 5.69. The summed E-state index contributed by atoms with van der Waals surface area (Å²) in [5.41, 5.74) is 1.85. The van der Waals surface area contributed by atoms with Crippen molar-refractivity contribution in [2.24, 2.45) is 5.92 Å². The standard InChI is InChI=1S/C13H15BrN2/c1-2-10-5-6-16(9-10)13-4-3-12(14)7-11(13)8-15/h3-4,7,10H,2,5-6,9H2,1H3. The highest BCUT2D eigenvalue weighted by atomic mass is 79.9. The molecule has 0 spiro atoms. The summed E-state index contributed by atoms with van der Waals surface area (Å²) in [6.45, 7) is 4.41. The first kappa shape index (κ1) is 11.5. The van der Waals surface area contributed by atoms with Crippen LogP contribution in [0.3, 0.4) is 0 Å². The average Bonchev–Trinajstić information content (AvgIpc) is 2.77. The van der Waals surface area contributed by atoms with E-state index in [-0.39, 0.29) is 0 Å². The van der Waals surface area contributed by atoms with Gasteiger partial charge in [0.05, 0.1) is 11.3 Å². The van der Waals surface area contributed by atoms with Crippen LogP contribution >= 0.6 is 15.9 Å². The molecule has 0 bridgehead atoms. The third-order valence-corrected chi connectivity index (χ3v) is 3.78. The first-order valence-corrected chi connectivity index (χ1v) is 6.48. The van der Waals surface area contributed by atoms with Gasteiger partial charge in [-0.05, 0) is 30.5 Å². The Morgan fingerprint density at radius 3 is 3.00 bits per heavy atom. The van der Waals surface area contributed by atoms with Crippen molar-refractivity contribution in [3.05, 3.63) is 28.2 Å². The van der Waals surface area contributed by atoms with Crippen LogP contribution in [0.2, 0.25) is 0 Å². The van der Waals surface area contributed by atoms with Crippen LogP contribution in [0.4, 0.5) is 5.69 Å². The second-order valence-electron chi connectivity index (χ2n) is 4.28. The molecule has 16 heavy (non-hydrogen) atoms. The van der Waals surface area contributed by atoms with Gasteiger partial charge in [-0.2, -0.15) is 5.26 Å². The molecule has 0 radical (unpaired) electrons. The molecule has 0 amide bonds. The maximum atomic E-state index is 9.13. The fourth-order valence-corrected chi connectivity index (χ4v) is 2.62. The monoisotopic (exact) mass is 278 g/mol. The molecule has 84 valence electrons. The molecule has 1 aromatic carbocycles. The van der Waals surface area contributed by atoms with Crippen LogP contribution in [0.15, 0.2) is 22.7 Å². The van der Waals surface area contributed by atoms with Gasteiger partial charge in [0.1, 0.15) is 6.07 Å². The molecule has 2 nitrogen and oxygen atoms in total. The van der Waals surface area contributed by atoms with E-state index in [0.717, 1.165) is 34.7 Å². The Hall–Kier alpha value is -1.01. The number of anilines is 1. The normalized spacial score (nSPS) is 19.8. The zero-order valence-electron chi connectivity index (χ0n) is 9.41. The summed E-state index contributed by atoms with van der Waals surface area (Å²) < 4.78 is 0.971. The largest absolute Gasteiger partial charge is 0.370 e. The van der Waals surface area contributed by atoms with Crippen LogP contribution in [-0.2, 0) is 0 Å². The van der Waals surface area contributed by atoms with E-state index in [9.17, 15) is 0 Å². The van der Waals surface area contributed by atoms with Crippen LogP contribution in [0.25, 0.3) is 0 Å². The maximum absolute atomic E-state index is 9.13. The van der Waals surface area contributed by atoms with E-state index in [4.69, 9.17) is 5.26 Å². The minimum atomic E-state index is 0.770. The molecule has 0 N–H and O–H groups in total. The van der Waals surface area contributed by atoms with Gasteiger partial charge in [-0.3, -0.25) is 0 Å². The Balaban J connectivity index is 2.25. The summed E-state index contributed by atoms with van der Waals surface area (Å²) in [5.74, 6) is 0.787. The highest BCUT2D eigenvalue weighted by molar-refractivity contribution is 9.10. The van der Waals surface area contributed by atoms with Crippen LogP contribution in [0.5, 0.6) is 0 Å². The predicted molar refractivity (Wildman–Crippen MR) is 69.5 cm³/mol. The smallest absolute Gasteiger partial charge is 0.101 e. The van der Waals surface area contributed by atoms with E-state index in [1.165, 1.54) is 12.8 Å². The van der Waals surface area contributed by atoms with Crippen LogP contribution in [-0.4, -0.2) is 13.1 Å². The lowest BCUT2D eigenvalue weighted by molar-refractivity contribution is 0.569. The third kappa shape index (κ3) is 2.22. The van der Waals surface area contributed by atoms with Crippen molar-refractivity contribution in [2.45, 2.75) is 19.8 Å². The van der Waals surface area contributed by atoms with Crippen LogP contribution < -0.4 is 4.90 Å². The fourth-order valence-electron chi connectivity index (χ4n) is 2.26. The Bertz CT molecular complexity index is 422. The average molecular weight is 279 g/mol. The van der Waals surface area contributed by atoms with Gasteiger partial charge in [-0.25, -0.2) is 0 Å². The number of hydrogen-bond acceptors (Lipinski definition) is 2. The summed E-state index contributed by atoms with van der Waals surface area (Å²) in [4.78, 5) is 2.33. The summed E-state index contributed by atoms with van der Waals surface area (Å²) in [6.07, 6.45) is 2.48. The van der Waals surface area contributed by atoms with Gasteiger partial charge in [0.15, 0.2) is 0 Å². The van der Waals surface area contributed by atoms with Crippen molar-refractivity contribution in [1.29, 1.82) is 5.26 Å². The van der Waals surface area contributed by atoms with E-state index in [0.29, 0.717) is 0 Å². The molecule has 1 aromatic rings. The highest BCUT2D eigenvalue weighted by Crippen LogP contribution is 2.29. The van der Waals surface area contributed by atoms with Gasteiger partial charge in [0.25, 0.3) is 0 Å². The highest BCUT2D eigenvalue weighted by Gasteiger charge is 2.22. The van der Waals surface area contributed by atoms with Crippen molar-refractivity contribution in [3.8, 4) is 6.07 Å². The number of rotatable bonds is 2. The Labute approximate surface area is 105 Å². The van der Waals surface area contributed by atoms with Gasteiger partial charge in [0, 0.05) is 17.6 Å². The van der Waals surface area contributed by atoms with Crippen molar-refractivity contribution < 1.29 is 0 Å². The van der Waals surface area contributed by atoms with Crippen molar-refractivity contribution in [1.82, 2.24) is 0 Å². The third-order valence-electron chi connectivity index (χ3n) is 3.28. The van der Waals surface area contributed by atoms with Crippen molar-refractivity contribution >= 4 is 21.6 Å². The number of benzene rings is 1. The second-order valence-corrected chi connectivity index (χ2v) is 5.20. The van der Waals surface area contributed by atoms with E-state index in [1.54, 1.807) is 0 Å². The van der Waals surface area contributed by atoms with Gasteiger partial charge >= 0.3 is 0 Å². The summed E-state index contributed by atoms with van der Waals surface area (Å²) in [6, 6.07) is 8.22. The summed E-state index contributed by atoms with van der Waals surface area (Å²) in [5, 5.41) is 9.13. The zero-order chi connectivity index (χ0) is 11.5. The van der Waals surface area contributed by atoms with Crippen LogP contribution in [0, 0.1) is 17.2 Å². The zero-order valence-corrected chi connectivity index (χ0v) is 11.0. The quantitative estimate of drug-likeness (QED) is 0.827. The van der Waals surface area contributed by atoms with Crippen molar-refractivity contribution in [2.75, 3.05) is 18.0 Å². The molecular formula is C13H15BrN2. The molecule has 0 aliphatic carbocycles. The first-order chi connectivity index (χ1) is 7.74. The predicted octanol–water partition coefficient (Wildman–Crippen LogP) is 3.56.